The van der Waals surface area contributed by atoms with Crippen LogP contribution in [0.15, 0.2) is 16.6 Å². The van der Waals surface area contributed by atoms with Crippen LogP contribution in [0.3, 0.4) is 0 Å². The van der Waals surface area contributed by atoms with Crippen molar-refractivity contribution in [2.75, 3.05) is 5.32 Å². The smallest absolute Gasteiger partial charge is 0.150 e. The quantitative estimate of drug-likeness (QED) is 0.857. The lowest BCUT2D eigenvalue weighted by atomic mass is 10.0. The van der Waals surface area contributed by atoms with Crippen molar-refractivity contribution in [1.29, 1.82) is 0 Å². The normalized spacial score (nSPS) is 14.6. The molecular weight excluding hydrogens is 276 g/mol. The molecule has 1 N–H and O–H groups in total. The van der Waals surface area contributed by atoms with Crippen molar-refractivity contribution in [3.63, 3.8) is 0 Å². The van der Waals surface area contributed by atoms with Gasteiger partial charge in [0.2, 0.25) is 0 Å². The maximum Gasteiger partial charge on any atom is 0.150 e. The summed E-state index contributed by atoms with van der Waals surface area (Å²) in [4.78, 5) is 0. The van der Waals surface area contributed by atoms with Gasteiger partial charge < -0.3 is 5.32 Å². The standard InChI is InChI=1S/C12H16BrF2N/c1-4-7(2)8(3)16-12-10(14)5-9(13)6-11(12)15/h5-8,16H,4H2,1-3H3. The van der Waals surface area contributed by atoms with E-state index in [-0.39, 0.29) is 11.7 Å². The molecule has 0 amide bonds. The molecule has 0 radical (unpaired) electrons. The molecule has 1 aromatic carbocycles. The molecule has 0 saturated carbocycles. The summed E-state index contributed by atoms with van der Waals surface area (Å²) in [5.74, 6) is -0.772. The molecule has 0 aliphatic rings. The lowest BCUT2D eigenvalue weighted by Gasteiger charge is -2.21. The Morgan fingerprint density at radius 3 is 2.19 bits per heavy atom. The SMILES string of the molecule is CCC(C)C(C)Nc1c(F)cc(Br)cc1F. The van der Waals surface area contributed by atoms with Crippen molar-refractivity contribution in [2.45, 2.75) is 33.2 Å². The lowest BCUT2D eigenvalue weighted by Crippen LogP contribution is -2.24. The predicted octanol–water partition coefficient (Wildman–Crippen LogP) is 4.57. The monoisotopic (exact) mass is 291 g/mol. The van der Waals surface area contributed by atoms with Gasteiger partial charge in [-0.25, -0.2) is 8.78 Å². The first-order valence-corrected chi connectivity index (χ1v) is 6.16. The first-order chi connectivity index (χ1) is 7.45. The molecule has 0 aromatic heterocycles. The van der Waals surface area contributed by atoms with Gasteiger partial charge in [-0.05, 0) is 25.0 Å². The summed E-state index contributed by atoms with van der Waals surface area (Å²) in [6.45, 7) is 6.03. The average molecular weight is 292 g/mol. The van der Waals surface area contributed by atoms with Crippen LogP contribution in [-0.4, -0.2) is 6.04 Å². The molecular formula is C12H16BrF2N. The molecule has 1 rings (SSSR count). The number of hydrogen-bond donors (Lipinski definition) is 1. The summed E-state index contributed by atoms with van der Waals surface area (Å²) in [6, 6.07) is 2.55. The van der Waals surface area contributed by atoms with Crippen LogP contribution < -0.4 is 5.32 Å². The van der Waals surface area contributed by atoms with Crippen LogP contribution in [0.5, 0.6) is 0 Å². The Bertz CT molecular complexity index is 345. The molecule has 90 valence electrons. The van der Waals surface area contributed by atoms with Gasteiger partial charge in [-0.3, -0.25) is 0 Å². The number of rotatable bonds is 4. The van der Waals surface area contributed by atoms with E-state index in [4.69, 9.17) is 0 Å². The molecule has 0 aliphatic heterocycles. The molecule has 2 atom stereocenters. The second-order valence-electron chi connectivity index (χ2n) is 4.06. The Morgan fingerprint density at radius 2 is 1.75 bits per heavy atom. The van der Waals surface area contributed by atoms with E-state index in [1.54, 1.807) is 0 Å². The molecule has 16 heavy (non-hydrogen) atoms. The molecule has 2 unspecified atom stereocenters. The Kier molecular flexibility index (Phi) is 4.71. The van der Waals surface area contributed by atoms with Crippen molar-refractivity contribution >= 4 is 21.6 Å². The number of benzene rings is 1. The fourth-order valence-electron chi connectivity index (χ4n) is 1.40. The van der Waals surface area contributed by atoms with Crippen LogP contribution in [0.1, 0.15) is 27.2 Å². The summed E-state index contributed by atoms with van der Waals surface area (Å²) in [5, 5.41) is 2.89. The van der Waals surface area contributed by atoms with Gasteiger partial charge in [-0.1, -0.05) is 36.2 Å². The first kappa shape index (κ1) is 13.4. The van der Waals surface area contributed by atoms with Gasteiger partial charge in [0, 0.05) is 10.5 Å². The Hall–Kier alpha value is -0.640. The van der Waals surface area contributed by atoms with Gasteiger partial charge in [-0.15, -0.1) is 0 Å². The van der Waals surface area contributed by atoms with E-state index in [0.29, 0.717) is 10.4 Å². The minimum absolute atomic E-state index is 0.0372. The predicted molar refractivity (Wildman–Crippen MR) is 66.6 cm³/mol. The fraction of sp³-hybridized carbons (Fsp3) is 0.500. The second kappa shape index (κ2) is 5.62. The van der Waals surface area contributed by atoms with Crippen molar-refractivity contribution in [2.24, 2.45) is 5.92 Å². The maximum absolute atomic E-state index is 13.5. The lowest BCUT2D eigenvalue weighted by molar-refractivity contribution is 0.486. The molecule has 0 bridgehead atoms. The molecule has 0 fully saturated rings. The van der Waals surface area contributed by atoms with Crippen molar-refractivity contribution in [1.82, 2.24) is 0 Å². The van der Waals surface area contributed by atoms with Crippen molar-refractivity contribution in [3.8, 4) is 0 Å². The summed E-state index contributed by atoms with van der Waals surface area (Å²) < 4.78 is 27.4. The third kappa shape index (κ3) is 3.17. The summed E-state index contributed by atoms with van der Waals surface area (Å²) in [7, 11) is 0. The van der Waals surface area contributed by atoms with Crippen LogP contribution in [-0.2, 0) is 0 Å². The maximum atomic E-state index is 13.5. The zero-order valence-electron chi connectivity index (χ0n) is 9.65. The topological polar surface area (TPSA) is 12.0 Å². The van der Waals surface area contributed by atoms with Crippen LogP contribution >= 0.6 is 15.9 Å². The molecule has 4 heteroatoms. The number of anilines is 1. The molecule has 1 aromatic rings. The Morgan fingerprint density at radius 1 is 1.25 bits per heavy atom. The summed E-state index contributed by atoms with van der Waals surface area (Å²) >= 11 is 3.05. The van der Waals surface area contributed by atoms with Gasteiger partial charge in [0.05, 0.1) is 0 Å². The highest BCUT2D eigenvalue weighted by atomic mass is 79.9. The third-order valence-electron chi connectivity index (χ3n) is 2.88. The van der Waals surface area contributed by atoms with Crippen molar-refractivity contribution < 1.29 is 8.78 Å². The molecule has 0 spiro atoms. The van der Waals surface area contributed by atoms with Gasteiger partial charge in [-0.2, -0.15) is 0 Å². The summed E-state index contributed by atoms with van der Waals surface area (Å²) in [5.41, 5.74) is -0.0454. The van der Waals surface area contributed by atoms with E-state index in [2.05, 4.69) is 28.2 Å². The number of halogens is 3. The van der Waals surface area contributed by atoms with E-state index < -0.39 is 11.6 Å². The van der Waals surface area contributed by atoms with E-state index in [1.165, 1.54) is 12.1 Å². The zero-order chi connectivity index (χ0) is 12.3. The van der Waals surface area contributed by atoms with Gasteiger partial charge in [0.15, 0.2) is 0 Å². The van der Waals surface area contributed by atoms with E-state index in [1.807, 2.05) is 13.8 Å². The minimum atomic E-state index is -0.568. The van der Waals surface area contributed by atoms with Crippen LogP contribution in [0.25, 0.3) is 0 Å². The van der Waals surface area contributed by atoms with E-state index in [0.717, 1.165) is 6.42 Å². The van der Waals surface area contributed by atoms with E-state index in [9.17, 15) is 8.78 Å². The fourth-order valence-corrected chi connectivity index (χ4v) is 1.81. The Balaban J connectivity index is 2.89. The van der Waals surface area contributed by atoms with Gasteiger partial charge in [0.25, 0.3) is 0 Å². The van der Waals surface area contributed by atoms with E-state index >= 15 is 0 Å². The zero-order valence-corrected chi connectivity index (χ0v) is 11.2. The molecule has 0 saturated heterocycles. The first-order valence-electron chi connectivity index (χ1n) is 5.36. The second-order valence-corrected chi connectivity index (χ2v) is 4.98. The highest BCUT2D eigenvalue weighted by molar-refractivity contribution is 9.10. The summed E-state index contributed by atoms with van der Waals surface area (Å²) in [6.07, 6.45) is 0.966. The molecule has 0 heterocycles. The van der Waals surface area contributed by atoms with Crippen LogP contribution in [0, 0.1) is 17.6 Å². The highest BCUT2D eigenvalue weighted by Crippen LogP contribution is 2.25. The van der Waals surface area contributed by atoms with Crippen LogP contribution in [0.4, 0.5) is 14.5 Å². The number of hydrogen-bond acceptors (Lipinski definition) is 1. The van der Waals surface area contributed by atoms with Gasteiger partial charge >= 0.3 is 0 Å². The highest BCUT2D eigenvalue weighted by Gasteiger charge is 2.15. The van der Waals surface area contributed by atoms with Crippen molar-refractivity contribution in [3.05, 3.63) is 28.2 Å². The Labute approximate surface area is 103 Å². The largest absolute Gasteiger partial charge is 0.378 e. The number of nitrogens with one attached hydrogen (secondary N) is 1. The minimum Gasteiger partial charge on any atom is -0.378 e. The molecule has 0 aliphatic carbocycles. The third-order valence-corrected chi connectivity index (χ3v) is 3.33. The van der Waals surface area contributed by atoms with Crippen LogP contribution in [0.2, 0.25) is 0 Å². The molecule has 1 nitrogen and oxygen atoms in total. The average Bonchev–Trinajstić information content (AvgIpc) is 2.21. The van der Waals surface area contributed by atoms with Gasteiger partial charge in [0.1, 0.15) is 17.3 Å².